The van der Waals surface area contributed by atoms with E-state index in [1.807, 2.05) is 0 Å². The molecule has 2 nitrogen and oxygen atoms in total. The zero-order valence-corrected chi connectivity index (χ0v) is 14.4. The Hall–Kier alpha value is 0.520. The second-order valence-electron chi connectivity index (χ2n) is 5.85. The molecule has 1 heterocycles. The van der Waals surface area contributed by atoms with Gasteiger partial charge in [0, 0.05) is 24.2 Å². The lowest BCUT2D eigenvalue weighted by molar-refractivity contribution is 0.297. The minimum absolute atomic E-state index is 0.0123. The van der Waals surface area contributed by atoms with E-state index in [2.05, 4.69) is 65.0 Å². The summed E-state index contributed by atoms with van der Waals surface area (Å²) >= 11 is 0. The highest BCUT2D eigenvalue weighted by Crippen LogP contribution is 2.72. The molecule has 100 valence electrons. The predicted octanol–water partition coefficient (Wildman–Crippen LogP) is 4.58. The van der Waals surface area contributed by atoms with Crippen LogP contribution in [0.4, 0.5) is 0 Å². The summed E-state index contributed by atoms with van der Waals surface area (Å²) in [6.45, 7) is 18.5. The van der Waals surface area contributed by atoms with E-state index in [4.69, 9.17) is 0 Å². The SMILES string of the molecule is CC(C)N(C1=PP1N(C(C)C)C(C)C)C(C)C. The van der Waals surface area contributed by atoms with Crippen molar-refractivity contribution < 1.29 is 0 Å². The van der Waals surface area contributed by atoms with Gasteiger partial charge in [0.15, 0.2) is 0 Å². The Morgan fingerprint density at radius 1 is 0.765 bits per heavy atom. The maximum Gasteiger partial charge on any atom is 0.0719 e. The molecule has 0 aromatic carbocycles. The lowest BCUT2D eigenvalue weighted by Crippen LogP contribution is -2.39. The first-order valence-corrected chi connectivity index (χ1v) is 9.62. The minimum Gasteiger partial charge on any atom is -0.266 e. The summed E-state index contributed by atoms with van der Waals surface area (Å²) in [5.74, 6) is 0. The van der Waals surface area contributed by atoms with Crippen LogP contribution in [0.1, 0.15) is 55.4 Å². The summed E-state index contributed by atoms with van der Waals surface area (Å²) < 4.78 is 2.70. The van der Waals surface area contributed by atoms with Gasteiger partial charge in [0.05, 0.1) is 12.9 Å². The fraction of sp³-hybridized carbons (Fsp3) is 0.923. The second kappa shape index (κ2) is 6.11. The Labute approximate surface area is 110 Å². The van der Waals surface area contributed by atoms with Crippen molar-refractivity contribution in [2.24, 2.45) is 0 Å². The largest absolute Gasteiger partial charge is 0.266 e. The Kier molecular flexibility index (Phi) is 5.60. The molecule has 0 aliphatic carbocycles. The number of hydrogen-bond acceptors (Lipinski definition) is 2. The molecule has 17 heavy (non-hydrogen) atoms. The van der Waals surface area contributed by atoms with E-state index >= 15 is 0 Å². The predicted molar refractivity (Wildman–Crippen MR) is 83.1 cm³/mol. The van der Waals surface area contributed by atoms with Gasteiger partial charge < -0.3 is 0 Å². The summed E-state index contributed by atoms with van der Waals surface area (Å²) in [6.07, 6.45) is 0. The molecule has 0 aromatic heterocycles. The van der Waals surface area contributed by atoms with Gasteiger partial charge in [-0.15, -0.1) is 0 Å². The molecule has 0 saturated heterocycles. The van der Waals surface area contributed by atoms with Crippen LogP contribution in [-0.4, -0.2) is 38.9 Å². The maximum absolute atomic E-state index is 2.70. The zero-order chi connectivity index (χ0) is 13.3. The zero-order valence-electron chi connectivity index (χ0n) is 12.6. The summed E-state index contributed by atoms with van der Waals surface area (Å²) in [7, 11) is 1.58. The van der Waals surface area contributed by atoms with Crippen LogP contribution in [0.2, 0.25) is 0 Å². The first kappa shape index (κ1) is 15.6. The molecule has 0 saturated carbocycles. The minimum atomic E-state index is -0.0123. The standard InChI is InChI=1S/C13H28N2P2/c1-9(2)14(10(3)4)13-16-17(13)15(11(5)6)12(7)8/h9-12H,1-8H3. The van der Waals surface area contributed by atoms with Gasteiger partial charge in [0.2, 0.25) is 0 Å². The normalized spacial score (nSPS) is 21.3. The van der Waals surface area contributed by atoms with Crippen molar-refractivity contribution in [3.8, 4) is 0 Å². The number of hydrogen-bond donors (Lipinski definition) is 0. The van der Waals surface area contributed by atoms with E-state index in [0.29, 0.717) is 24.2 Å². The van der Waals surface area contributed by atoms with Gasteiger partial charge >= 0.3 is 0 Å². The molecule has 0 aromatic rings. The summed E-state index contributed by atoms with van der Waals surface area (Å²) in [5.41, 5.74) is 0. The smallest absolute Gasteiger partial charge is 0.0719 e. The van der Waals surface area contributed by atoms with Crippen LogP contribution < -0.4 is 0 Å². The van der Waals surface area contributed by atoms with Crippen LogP contribution in [0.3, 0.4) is 0 Å². The van der Waals surface area contributed by atoms with E-state index in [1.165, 1.54) is 0 Å². The molecule has 0 amide bonds. The second-order valence-corrected chi connectivity index (χ2v) is 10.0. The van der Waals surface area contributed by atoms with Crippen molar-refractivity contribution in [1.82, 2.24) is 9.57 Å². The van der Waals surface area contributed by atoms with Gasteiger partial charge in [-0.25, -0.2) is 0 Å². The first-order valence-electron chi connectivity index (χ1n) is 6.72. The third-order valence-corrected chi connectivity index (χ3v) is 7.71. The van der Waals surface area contributed by atoms with Crippen LogP contribution >= 0.6 is 15.7 Å². The highest BCUT2D eigenvalue weighted by atomic mass is 32.1. The molecular formula is C13H28N2P2. The Bertz CT molecular complexity index is 269. The van der Waals surface area contributed by atoms with Gasteiger partial charge in [-0.1, -0.05) is 0 Å². The molecule has 1 unspecified atom stereocenters. The molecular weight excluding hydrogens is 246 g/mol. The molecule has 1 atom stereocenters. The maximum atomic E-state index is 2.70. The van der Waals surface area contributed by atoms with E-state index in [1.54, 1.807) is 13.1 Å². The quantitative estimate of drug-likeness (QED) is 0.654. The van der Waals surface area contributed by atoms with Crippen LogP contribution in [0.5, 0.6) is 0 Å². The third-order valence-electron chi connectivity index (χ3n) is 2.94. The first-order chi connectivity index (χ1) is 7.77. The van der Waals surface area contributed by atoms with Crippen molar-refractivity contribution in [2.45, 2.75) is 79.6 Å². The molecule has 0 N–H and O–H groups in total. The third kappa shape index (κ3) is 3.74. The van der Waals surface area contributed by atoms with E-state index in [9.17, 15) is 0 Å². The van der Waals surface area contributed by atoms with Gasteiger partial charge in [0.25, 0.3) is 0 Å². The number of nitrogens with zero attached hydrogens (tertiary/aromatic N) is 2. The topological polar surface area (TPSA) is 6.48 Å². The van der Waals surface area contributed by atoms with Gasteiger partial charge in [0.1, 0.15) is 0 Å². The molecule has 1 aliphatic heterocycles. The fourth-order valence-corrected chi connectivity index (χ4v) is 8.22. The van der Waals surface area contributed by atoms with E-state index < -0.39 is 0 Å². The average molecular weight is 274 g/mol. The van der Waals surface area contributed by atoms with Crippen LogP contribution in [0.15, 0.2) is 0 Å². The lowest BCUT2D eigenvalue weighted by atomic mass is 10.2. The van der Waals surface area contributed by atoms with Gasteiger partial charge in [-0.2, -0.15) is 0 Å². The van der Waals surface area contributed by atoms with Crippen molar-refractivity contribution in [3.05, 3.63) is 0 Å². The van der Waals surface area contributed by atoms with Crippen LogP contribution in [0, 0.1) is 0 Å². The highest BCUT2D eigenvalue weighted by molar-refractivity contribution is 8.45. The molecule has 0 spiro atoms. The highest BCUT2D eigenvalue weighted by Gasteiger charge is 2.40. The molecule has 0 bridgehead atoms. The Morgan fingerprint density at radius 2 is 1.18 bits per heavy atom. The molecule has 0 radical (unpaired) electrons. The van der Waals surface area contributed by atoms with Gasteiger partial charge in [-0.3, -0.25) is 9.57 Å². The fourth-order valence-electron chi connectivity index (χ4n) is 2.46. The molecule has 1 rings (SSSR count). The average Bonchev–Trinajstić information content (AvgIpc) is 2.81. The monoisotopic (exact) mass is 274 g/mol. The number of rotatable bonds is 6. The van der Waals surface area contributed by atoms with E-state index in [-0.39, 0.29) is 7.76 Å². The van der Waals surface area contributed by atoms with Crippen LogP contribution in [-0.2, 0) is 0 Å². The summed E-state index contributed by atoms with van der Waals surface area (Å²) in [5, 5.41) is 1.69. The molecule has 0 fully saturated rings. The van der Waals surface area contributed by atoms with Crippen molar-refractivity contribution in [1.29, 1.82) is 0 Å². The molecule has 1 aliphatic rings. The lowest BCUT2D eigenvalue weighted by Gasteiger charge is -2.34. The van der Waals surface area contributed by atoms with Crippen molar-refractivity contribution >= 4 is 20.8 Å². The Morgan fingerprint density at radius 3 is 1.47 bits per heavy atom. The van der Waals surface area contributed by atoms with Crippen LogP contribution in [0.25, 0.3) is 0 Å². The summed E-state index contributed by atoms with van der Waals surface area (Å²) in [4.78, 5) is 2.62. The Balaban J connectivity index is 2.70. The summed E-state index contributed by atoms with van der Waals surface area (Å²) in [6, 6.07) is 2.58. The van der Waals surface area contributed by atoms with Crippen molar-refractivity contribution in [2.75, 3.05) is 0 Å². The van der Waals surface area contributed by atoms with Crippen molar-refractivity contribution in [3.63, 3.8) is 0 Å². The molecule has 4 heteroatoms. The van der Waals surface area contributed by atoms with Gasteiger partial charge in [-0.05, 0) is 63.3 Å². The van der Waals surface area contributed by atoms with E-state index in [0.717, 1.165) is 0 Å².